The molecule has 2 aliphatic rings. The van der Waals surface area contributed by atoms with Crippen molar-refractivity contribution in [2.24, 2.45) is 7.05 Å². The first-order valence-corrected chi connectivity index (χ1v) is 11.5. The first-order valence-electron chi connectivity index (χ1n) is 9.92. The minimum absolute atomic E-state index is 0.614. The fraction of sp³-hybridized carbons (Fsp3) is 0.125. The molecule has 1 atom stereocenters. The van der Waals surface area contributed by atoms with Crippen LogP contribution in [0.15, 0.2) is 81.9 Å². The Hall–Kier alpha value is -3.46. The van der Waals surface area contributed by atoms with Crippen molar-refractivity contribution in [3.63, 3.8) is 0 Å². The normalized spacial score (nSPS) is 20.4. The highest BCUT2D eigenvalue weighted by atomic mass is 32.2. The number of nitrogens with zero attached hydrogens (tertiary/aromatic N) is 3. The molecule has 1 unspecified atom stereocenters. The molecule has 4 heterocycles. The van der Waals surface area contributed by atoms with Crippen molar-refractivity contribution < 1.29 is 22.8 Å². The predicted molar refractivity (Wildman–Crippen MR) is 125 cm³/mol. The predicted octanol–water partition coefficient (Wildman–Crippen LogP) is 2.91. The summed E-state index contributed by atoms with van der Waals surface area (Å²) in [6.45, 7) is 1.84. The van der Waals surface area contributed by atoms with Crippen LogP contribution in [0.3, 0.4) is 0 Å². The number of pyridine rings is 1. The summed E-state index contributed by atoms with van der Waals surface area (Å²) in [5, 5.41) is 12.4. The molecule has 0 fully saturated rings. The van der Waals surface area contributed by atoms with E-state index in [4.69, 9.17) is 4.42 Å². The molecule has 2 aromatic heterocycles. The first kappa shape index (κ1) is 21.8. The molecule has 1 aromatic carbocycles. The van der Waals surface area contributed by atoms with Crippen molar-refractivity contribution in [2.75, 3.05) is 11.9 Å². The molecule has 5 rings (SSSR count). The molecule has 0 amide bonds. The van der Waals surface area contributed by atoms with Crippen molar-refractivity contribution in [3.8, 4) is 0 Å². The molecule has 164 valence electrons. The molecule has 7 nitrogen and oxygen atoms in total. The zero-order valence-electron chi connectivity index (χ0n) is 18.0. The molecule has 0 N–H and O–H groups in total. The fourth-order valence-electron chi connectivity index (χ4n) is 3.28. The SMILES string of the molecule is CC1=CC=S(=O)(O[O-])C=C1.CN1/C(=C/c2nc3c(ccc[n+]3C)o2)C=Cc2ccccc21. The maximum Gasteiger partial charge on any atom is 0.370 e. The number of hydrogen-bond donors (Lipinski definition) is 0. The molecule has 0 radical (unpaired) electrons. The van der Waals surface area contributed by atoms with Crippen molar-refractivity contribution in [2.45, 2.75) is 6.92 Å². The summed E-state index contributed by atoms with van der Waals surface area (Å²) >= 11 is 0. The van der Waals surface area contributed by atoms with Crippen LogP contribution in [0.25, 0.3) is 23.4 Å². The highest BCUT2D eigenvalue weighted by Gasteiger charge is 2.18. The van der Waals surface area contributed by atoms with Gasteiger partial charge in [-0.15, -0.1) is 0 Å². The lowest BCUT2D eigenvalue weighted by molar-refractivity contribution is -0.646. The average molecular weight is 450 g/mol. The van der Waals surface area contributed by atoms with Gasteiger partial charge < -0.3 is 18.9 Å². The second-order valence-electron chi connectivity index (χ2n) is 7.39. The number of para-hydroxylation sites is 1. The maximum atomic E-state index is 11.0. The van der Waals surface area contributed by atoms with E-state index in [0.29, 0.717) is 5.89 Å². The lowest BCUT2D eigenvalue weighted by atomic mass is 10.1. The van der Waals surface area contributed by atoms with Gasteiger partial charge in [0.25, 0.3) is 0 Å². The number of aryl methyl sites for hydroxylation is 1. The van der Waals surface area contributed by atoms with Crippen LogP contribution in [0, 0.1) is 0 Å². The zero-order chi connectivity index (χ0) is 22.7. The Morgan fingerprint density at radius 2 is 2.00 bits per heavy atom. The van der Waals surface area contributed by atoms with Crippen LogP contribution < -0.4 is 14.7 Å². The number of oxazole rings is 1. The summed E-state index contributed by atoms with van der Waals surface area (Å²) in [6, 6.07) is 12.2. The minimum atomic E-state index is -2.80. The Bertz CT molecular complexity index is 1410. The number of aromatic nitrogens is 2. The summed E-state index contributed by atoms with van der Waals surface area (Å²) in [4.78, 5) is 6.70. The number of rotatable bonds is 2. The van der Waals surface area contributed by atoms with Gasteiger partial charge in [-0.3, -0.25) is 0 Å². The molecule has 32 heavy (non-hydrogen) atoms. The summed E-state index contributed by atoms with van der Waals surface area (Å²) < 4.78 is 22.3. The van der Waals surface area contributed by atoms with Crippen LogP contribution in [-0.4, -0.2) is 21.6 Å². The van der Waals surface area contributed by atoms with Gasteiger partial charge in [0.15, 0.2) is 0 Å². The average Bonchev–Trinajstić information content (AvgIpc) is 3.23. The number of anilines is 1. The van der Waals surface area contributed by atoms with E-state index in [1.165, 1.54) is 22.0 Å². The van der Waals surface area contributed by atoms with Crippen molar-refractivity contribution in [3.05, 3.63) is 89.0 Å². The van der Waals surface area contributed by atoms with E-state index in [9.17, 15) is 9.47 Å². The number of likely N-dealkylation sites (N-methyl/N-ethyl adjacent to an activating group) is 1. The molecular formula is C24H23N3O4S. The van der Waals surface area contributed by atoms with E-state index in [1.807, 2.05) is 55.1 Å². The second kappa shape index (κ2) is 8.96. The van der Waals surface area contributed by atoms with Gasteiger partial charge in [-0.2, -0.15) is 0 Å². The van der Waals surface area contributed by atoms with Gasteiger partial charge in [0, 0.05) is 34.2 Å². The van der Waals surface area contributed by atoms with E-state index in [-0.39, 0.29) is 0 Å². The standard InChI is InChI=1S/C18H16N3O.C6H8O3S/c1-20-11-5-8-16-18(20)19-17(22-16)12-14-10-9-13-6-3-4-7-15(13)21(14)2;1-6-2-4-10(8,9-7)5-3-6/h3-12H,1-2H3;2-5,7H,1H3/q+1;/p-1. The van der Waals surface area contributed by atoms with Gasteiger partial charge in [-0.05, 0) is 54.5 Å². The summed E-state index contributed by atoms with van der Waals surface area (Å²) in [5.41, 5.74) is 6.03. The monoisotopic (exact) mass is 449 g/mol. The highest BCUT2D eigenvalue weighted by molar-refractivity contribution is 7.99. The van der Waals surface area contributed by atoms with E-state index in [1.54, 1.807) is 12.2 Å². The number of hydrogen-bond acceptors (Lipinski definition) is 6. The quantitative estimate of drug-likeness (QED) is 0.259. The van der Waals surface area contributed by atoms with Crippen molar-refractivity contribution >= 4 is 44.2 Å². The van der Waals surface area contributed by atoms with Gasteiger partial charge >= 0.3 is 11.5 Å². The van der Waals surface area contributed by atoms with Crippen LogP contribution >= 0.6 is 0 Å². The Morgan fingerprint density at radius 3 is 2.72 bits per heavy atom. The van der Waals surface area contributed by atoms with Gasteiger partial charge in [0.2, 0.25) is 5.58 Å². The van der Waals surface area contributed by atoms with Gasteiger partial charge in [0.1, 0.15) is 0 Å². The van der Waals surface area contributed by atoms with Crippen LogP contribution in [0.4, 0.5) is 5.69 Å². The summed E-state index contributed by atoms with van der Waals surface area (Å²) in [7, 11) is 1.22. The van der Waals surface area contributed by atoms with Gasteiger partial charge in [-0.25, -0.2) is 8.78 Å². The number of allylic oxidation sites excluding steroid dienone is 4. The Labute approximate surface area is 187 Å². The third-order valence-electron chi connectivity index (χ3n) is 5.08. The van der Waals surface area contributed by atoms with Crippen LogP contribution in [-0.2, 0) is 21.2 Å². The largest absolute Gasteiger partial charge is 0.709 e. The van der Waals surface area contributed by atoms with Crippen molar-refractivity contribution in [1.82, 2.24) is 4.98 Å². The molecule has 8 heteroatoms. The van der Waals surface area contributed by atoms with Crippen LogP contribution in [0.1, 0.15) is 18.4 Å². The molecule has 2 aliphatic heterocycles. The molecule has 0 spiro atoms. The lowest BCUT2D eigenvalue weighted by Crippen LogP contribution is -2.28. The molecule has 0 bridgehead atoms. The third kappa shape index (κ3) is 4.57. The van der Waals surface area contributed by atoms with E-state index < -0.39 is 9.80 Å². The van der Waals surface area contributed by atoms with Crippen LogP contribution in [0.2, 0.25) is 0 Å². The fourth-order valence-corrected chi connectivity index (χ4v) is 4.27. The molecular weight excluding hydrogens is 426 g/mol. The van der Waals surface area contributed by atoms with E-state index in [2.05, 4.69) is 45.6 Å². The van der Waals surface area contributed by atoms with Crippen molar-refractivity contribution in [1.29, 1.82) is 0 Å². The zero-order valence-corrected chi connectivity index (χ0v) is 18.8. The second-order valence-corrected chi connectivity index (χ2v) is 9.24. The molecule has 0 saturated heterocycles. The van der Waals surface area contributed by atoms with Crippen LogP contribution in [0.5, 0.6) is 0 Å². The Balaban J connectivity index is 0.000000207. The smallest absolute Gasteiger partial charge is 0.370 e. The number of fused-ring (bicyclic) bond motifs is 2. The molecule has 0 aliphatic carbocycles. The summed E-state index contributed by atoms with van der Waals surface area (Å²) in [5.74, 6) is 0.614. The Morgan fingerprint density at radius 1 is 1.19 bits per heavy atom. The topological polar surface area (TPSA) is 82.5 Å². The Kier molecular flexibility index (Phi) is 6.09. The minimum Gasteiger partial charge on any atom is -0.709 e. The van der Waals surface area contributed by atoms with E-state index in [0.717, 1.165) is 22.5 Å². The number of benzene rings is 1. The summed E-state index contributed by atoms with van der Waals surface area (Å²) in [6.07, 6.45) is 11.3. The lowest BCUT2D eigenvalue weighted by Gasteiger charge is -2.25. The van der Waals surface area contributed by atoms with Gasteiger partial charge in [0.05, 0.1) is 29.1 Å². The highest BCUT2D eigenvalue weighted by Crippen LogP contribution is 2.30. The van der Waals surface area contributed by atoms with Gasteiger partial charge in [-0.1, -0.05) is 24.3 Å². The van der Waals surface area contributed by atoms with E-state index >= 15 is 0 Å². The molecule has 0 saturated carbocycles. The third-order valence-corrected chi connectivity index (χ3v) is 6.32. The maximum absolute atomic E-state index is 11.0. The first-order chi connectivity index (χ1) is 15.4. The molecule has 3 aromatic rings.